The first kappa shape index (κ1) is 10.7. The van der Waals surface area contributed by atoms with Gasteiger partial charge >= 0.3 is 5.97 Å². The van der Waals surface area contributed by atoms with Crippen LogP contribution >= 0.6 is 0 Å². The third-order valence-corrected chi connectivity index (χ3v) is 3.46. The van der Waals surface area contributed by atoms with Crippen LogP contribution in [0.15, 0.2) is 0 Å². The molecular formula is C12H15N3O2. The Morgan fingerprint density at radius 3 is 2.76 bits per heavy atom. The standard InChI is InChI=1S/C12H15N3O2/c1-2-15-5-8-9(6-15)13-11(7-3-4-7)14-10(8)12(16)17/h7H,2-6H2,1H3,(H,16,17). The van der Waals surface area contributed by atoms with E-state index in [0.29, 0.717) is 12.5 Å². The van der Waals surface area contributed by atoms with E-state index >= 15 is 0 Å². The molecule has 3 rings (SSSR count). The number of aromatic nitrogens is 2. The van der Waals surface area contributed by atoms with Crippen molar-refractivity contribution in [3.05, 3.63) is 22.8 Å². The minimum Gasteiger partial charge on any atom is -0.476 e. The first-order valence-electron chi connectivity index (χ1n) is 6.04. The van der Waals surface area contributed by atoms with Gasteiger partial charge in [-0.2, -0.15) is 0 Å². The molecule has 1 aliphatic heterocycles. The second-order valence-electron chi connectivity index (χ2n) is 4.74. The maximum atomic E-state index is 11.2. The van der Waals surface area contributed by atoms with Crippen molar-refractivity contribution in [1.82, 2.24) is 14.9 Å². The molecule has 5 heteroatoms. The van der Waals surface area contributed by atoms with E-state index in [1.807, 2.05) is 0 Å². The van der Waals surface area contributed by atoms with Gasteiger partial charge in [0.1, 0.15) is 5.82 Å². The molecule has 0 saturated heterocycles. The van der Waals surface area contributed by atoms with Crippen molar-refractivity contribution < 1.29 is 9.90 Å². The summed E-state index contributed by atoms with van der Waals surface area (Å²) in [5, 5.41) is 9.23. The van der Waals surface area contributed by atoms with Crippen molar-refractivity contribution in [1.29, 1.82) is 0 Å². The lowest BCUT2D eigenvalue weighted by Gasteiger charge is -2.09. The molecule has 0 radical (unpaired) electrons. The second kappa shape index (κ2) is 3.77. The van der Waals surface area contributed by atoms with Crippen LogP contribution in [0.4, 0.5) is 0 Å². The fourth-order valence-electron chi connectivity index (χ4n) is 2.26. The summed E-state index contributed by atoms with van der Waals surface area (Å²) in [7, 11) is 0. The molecule has 0 spiro atoms. The molecule has 1 fully saturated rings. The number of rotatable bonds is 3. The Bertz CT molecular complexity index is 483. The van der Waals surface area contributed by atoms with Crippen molar-refractivity contribution in [2.45, 2.75) is 38.8 Å². The lowest BCUT2D eigenvalue weighted by Crippen LogP contribution is -2.15. The molecule has 1 aromatic heterocycles. The number of carboxylic acid groups (broad SMARTS) is 1. The van der Waals surface area contributed by atoms with Crippen LogP contribution in [0.25, 0.3) is 0 Å². The van der Waals surface area contributed by atoms with Crippen molar-refractivity contribution in [3.63, 3.8) is 0 Å². The zero-order valence-electron chi connectivity index (χ0n) is 9.81. The van der Waals surface area contributed by atoms with Gasteiger partial charge in [-0.05, 0) is 19.4 Å². The highest BCUT2D eigenvalue weighted by Gasteiger charge is 2.32. The van der Waals surface area contributed by atoms with E-state index in [-0.39, 0.29) is 5.69 Å². The molecule has 0 amide bonds. The van der Waals surface area contributed by atoms with Gasteiger partial charge in [0.25, 0.3) is 0 Å². The van der Waals surface area contributed by atoms with E-state index in [0.717, 1.165) is 43.0 Å². The average molecular weight is 233 g/mol. The Balaban J connectivity index is 2.05. The van der Waals surface area contributed by atoms with Crippen molar-refractivity contribution in [3.8, 4) is 0 Å². The first-order valence-corrected chi connectivity index (χ1v) is 6.04. The predicted molar refractivity (Wildman–Crippen MR) is 60.8 cm³/mol. The number of carboxylic acids is 1. The van der Waals surface area contributed by atoms with Crippen LogP contribution < -0.4 is 0 Å². The lowest BCUT2D eigenvalue weighted by molar-refractivity contribution is 0.0688. The summed E-state index contributed by atoms with van der Waals surface area (Å²) in [6, 6.07) is 0. The van der Waals surface area contributed by atoms with E-state index in [1.165, 1.54) is 0 Å². The summed E-state index contributed by atoms with van der Waals surface area (Å²) in [6.07, 6.45) is 2.19. The zero-order chi connectivity index (χ0) is 12.0. The highest BCUT2D eigenvalue weighted by molar-refractivity contribution is 5.87. The molecule has 0 atom stereocenters. The summed E-state index contributed by atoms with van der Waals surface area (Å²) in [6.45, 7) is 4.41. The van der Waals surface area contributed by atoms with Crippen molar-refractivity contribution in [2.75, 3.05) is 6.54 Å². The highest BCUT2D eigenvalue weighted by Crippen LogP contribution is 2.39. The topological polar surface area (TPSA) is 66.3 Å². The van der Waals surface area contributed by atoms with Gasteiger partial charge in [-0.1, -0.05) is 6.92 Å². The molecule has 17 heavy (non-hydrogen) atoms. The minimum atomic E-state index is -0.927. The maximum Gasteiger partial charge on any atom is 0.354 e. The largest absolute Gasteiger partial charge is 0.476 e. The minimum absolute atomic E-state index is 0.216. The Labute approximate surface area is 99.5 Å². The Morgan fingerprint density at radius 1 is 1.41 bits per heavy atom. The van der Waals surface area contributed by atoms with Crippen LogP contribution in [-0.2, 0) is 13.1 Å². The molecule has 1 aromatic rings. The summed E-state index contributed by atoms with van der Waals surface area (Å²) < 4.78 is 0. The van der Waals surface area contributed by atoms with E-state index < -0.39 is 5.97 Å². The van der Waals surface area contributed by atoms with Crippen LogP contribution in [0, 0.1) is 0 Å². The molecule has 0 unspecified atom stereocenters. The molecule has 1 saturated carbocycles. The lowest BCUT2D eigenvalue weighted by atomic mass is 10.2. The van der Waals surface area contributed by atoms with E-state index in [4.69, 9.17) is 0 Å². The molecule has 0 bridgehead atoms. The normalized spacial score (nSPS) is 19.4. The van der Waals surface area contributed by atoms with Crippen LogP contribution in [0.2, 0.25) is 0 Å². The van der Waals surface area contributed by atoms with Gasteiger partial charge in [0.2, 0.25) is 0 Å². The molecule has 2 aliphatic rings. The monoisotopic (exact) mass is 233 g/mol. The number of carbonyl (C=O) groups is 1. The van der Waals surface area contributed by atoms with Gasteiger partial charge in [0.15, 0.2) is 5.69 Å². The van der Waals surface area contributed by atoms with E-state index in [9.17, 15) is 9.90 Å². The van der Waals surface area contributed by atoms with Gasteiger partial charge in [0, 0.05) is 24.6 Å². The van der Waals surface area contributed by atoms with Gasteiger partial charge < -0.3 is 5.11 Å². The van der Waals surface area contributed by atoms with Crippen LogP contribution in [0.3, 0.4) is 0 Å². The summed E-state index contributed by atoms with van der Waals surface area (Å²) in [5.74, 6) is 0.205. The molecule has 5 nitrogen and oxygen atoms in total. The van der Waals surface area contributed by atoms with Crippen LogP contribution in [-0.4, -0.2) is 32.5 Å². The zero-order valence-corrected chi connectivity index (χ0v) is 9.81. The second-order valence-corrected chi connectivity index (χ2v) is 4.74. The van der Waals surface area contributed by atoms with Gasteiger partial charge in [0.05, 0.1) is 5.69 Å². The molecule has 1 N–H and O–H groups in total. The summed E-state index contributed by atoms with van der Waals surface area (Å²) >= 11 is 0. The Kier molecular flexibility index (Phi) is 2.36. The van der Waals surface area contributed by atoms with Crippen LogP contribution in [0.1, 0.15) is 53.3 Å². The van der Waals surface area contributed by atoms with Crippen molar-refractivity contribution in [2.24, 2.45) is 0 Å². The van der Waals surface area contributed by atoms with Gasteiger partial charge in [-0.3, -0.25) is 4.90 Å². The smallest absolute Gasteiger partial charge is 0.354 e. The number of hydrogen-bond donors (Lipinski definition) is 1. The SMILES string of the molecule is CCN1Cc2nc(C3CC3)nc(C(=O)O)c2C1. The van der Waals surface area contributed by atoms with Gasteiger partial charge in [-0.15, -0.1) is 0 Å². The van der Waals surface area contributed by atoms with Crippen LogP contribution in [0.5, 0.6) is 0 Å². The summed E-state index contributed by atoms with van der Waals surface area (Å²) in [4.78, 5) is 22.2. The third kappa shape index (κ3) is 1.80. The number of nitrogens with zero attached hydrogens (tertiary/aromatic N) is 3. The molecule has 2 heterocycles. The third-order valence-electron chi connectivity index (χ3n) is 3.46. The predicted octanol–water partition coefficient (Wildman–Crippen LogP) is 1.39. The first-order chi connectivity index (χ1) is 8.19. The van der Waals surface area contributed by atoms with E-state index in [1.54, 1.807) is 0 Å². The Morgan fingerprint density at radius 2 is 2.18 bits per heavy atom. The fourth-order valence-corrected chi connectivity index (χ4v) is 2.26. The van der Waals surface area contributed by atoms with Gasteiger partial charge in [-0.25, -0.2) is 14.8 Å². The summed E-state index contributed by atoms with van der Waals surface area (Å²) in [5.41, 5.74) is 1.94. The maximum absolute atomic E-state index is 11.2. The number of hydrogen-bond acceptors (Lipinski definition) is 4. The molecule has 1 aliphatic carbocycles. The number of aromatic carboxylic acids is 1. The van der Waals surface area contributed by atoms with E-state index in [2.05, 4.69) is 21.8 Å². The molecule has 0 aromatic carbocycles. The van der Waals surface area contributed by atoms with Crippen molar-refractivity contribution >= 4 is 5.97 Å². The average Bonchev–Trinajstić information content (AvgIpc) is 3.07. The number of fused-ring (bicyclic) bond motifs is 1. The fraction of sp³-hybridized carbons (Fsp3) is 0.583. The molecular weight excluding hydrogens is 218 g/mol. The Hall–Kier alpha value is -1.49. The highest BCUT2D eigenvalue weighted by atomic mass is 16.4. The molecule has 90 valence electrons. The quantitative estimate of drug-likeness (QED) is 0.854.